The molecule has 0 saturated heterocycles. The van der Waals surface area contributed by atoms with Gasteiger partial charge in [0.15, 0.2) is 11.5 Å². The van der Waals surface area contributed by atoms with Crippen LogP contribution >= 0.6 is 0 Å². The van der Waals surface area contributed by atoms with Crippen LogP contribution in [0.3, 0.4) is 0 Å². The first kappa shape index (κ1) is 10.5. The maximum atomic E-state index is 4.53. The van der Waals surface area contributed by atoms with Crippen LogP contribution in [0.25, 0.3) is 5.65 Å². The third kappa shape index (κ3) is 1.66. The number of aromatic nitrogens is 4. The summed E-state index contributed by atoms with van der Waals surface area (Å²) in [5.74, 6) is 1.68. The van der Waals surface area contributed by atoms with Gasteiger partial charge in [-0.2, -0.15) is 0 Å². The first-order chi connectivity index (χ1) is 9.29. The second kappa shape index (κ2) is 3.78. The van der Waals surface area contributed by atoms with Gasteiger partial charge in [0.05, 0.1) is 0 Å². The number of hydrogen-bond acceptors (Lipinski definition) is 4. The molecular weight excluding hydrogens is 238 g/mol. The molecule has 0 atom stereocenters. The van der Waals surface area contributed by atoms with Crippen LogP contribution in [-0.4, -0.2) is 19.8 Å². The number of hydrogen-bond donors (Lipinski definition) is 0. The Morgan fingerprint density at radius 2 is 1.68 bits per heavy atom. The highest BCUT2D eigenvalue weighted by Gasteiger charge is 2.20. The average molecular weight is 251 g/mol. The van der Waals surface area contributed by atoms with Crippen molar-refractivity contribution in [2.75, 3.05) is 4.90 Å². The number of benzene rings is 1. The Balaban J connectivity index is 1.72. The molecule has 0 saturated carbocycles. The van der Waals surface area contributed by atoms with Gasteiger partial charge in [-0.15, -0.1) is 14.8 Å². The molecule has 4 rings (SSSR count). The van der Waals surface area contributed by atoms with Crippen LogP contribution in [0.2, 0.25) is 0 Å². The van der Waals surface area contributed by atoms with Crippen molar-refractivity contribution in [1.82, 2.24) is 19.8 Å². The summed E-state index contributed by atoms with van der Waals surface area (Å²) < 4.78 is 1.60. The van der Waals surface area contributed by atoms with Gasteiger partial charge in [0.2, 0.25) is 0 Å². The van der Waals surface area contributed by atoms with E-state index in [0.717, 1.165) is 30.4 Å². The van der Waals surface area contributed by atoms with Crippen molar-refractivity contribution < 1.29 is 0 Å². The van der Waals surface area contributed by atoms with Gasteiger partial charge >= 0.3 is 0 Å². The summed E-state index contributed by atoms with van der Waals surface area (Å²) in [5, 5.41) is 8.79. The molecule has 5 nitrogen and oxygen atoms in total. The van der Waals surface area contributed by atoms with Crippen molar-refractivity contribution in [1.29, 1.82) is 0 Å². The monoisotopic (exact) mass is 251 g/mol. The Bertz CT molecular complexity index is 736. The van der Waals surface area contributed by atoms with Crippen molar-refractivity contribution in [2.24, 2.45) is 0 Å². The molecule has 5 heteroatoms. The SMILES string of the molecule is Cc1nc2ccc(N3Cc4ccccc4C3)nn2n1. The van der Waals surface area contributed by atoms with Gasteiger partial charge in [0, 0.05) is 13.1 Å². The van der Waals surface area contributed by atoms with Crippen LogP contribution < -0.4 is 4.90 Å². The van der Waals surface area contributed by atoms with Crippen molar-refractivity contribution in [3.05, 3.63) is 53.3 Å². The summed E-state index contributed by atoms with van der Waals surface area (Å²) in [6.45, 7) is 3.69. The van der Waals surface area contributed by atoms with Crippen molar-refractivity contribution in [2.45, 2.75) is 20.0 Å². The maximum absolute atomic E-state index is 4.53. The molecule has 0 spiro atoms. The van der Waals surface area contributed by atoms with E-state index in [4.69, 9.17) is 0 Å². The minimum absolute atomic E-state index is 0.745. The van der Waals surface area contributed by atoms with Gasteiger partial charge < -0.3 is 4.90 Å². The molecule has 1 aliphatic rings. The zero-order chi connectivity index (χ0) is 12.8. The van der Waals surface area contributed by atoms with E-state index < -0.39 is 0 Å². The lowest BCUT2D eigenvalue weighted by Gasteiger charge is -2.15. The highest BCUT2D eigenvalue weighted by molar-refractivity contribution is 5.49. The molecular formula is C14H13N5. The third-order valence-electron chi connectivity index (χ3n) is 3.46. The van der Waals surface area contributed by atoms with Gasteiger partial charge in [-0.3, -0.25) is 0 Å². The molecule has 0 unspecified atom stereocenters. The van der Waals surface area contributed by atoms with Crippen LogP contribution in [0, 0.1) is 6.92 Å². The summed E-state index contributed by atoms with van der Waals surface area (Å²) in [4.78, 5) is 6.54. The Morgan fingerprint density at radius 3 is 2.42 bits per heavy atom. The Hall–Kier alpha value is -2.43. The standard InChI is InChI=1S/C14H13N5/c1-10-15-13-6-7-14(17-19(13)16-10)18-8-11-4-2-3-5-12(11)9-18/h2-7H,8-9H2,1H3. The summed E-state index contributed by atoms with van der Waals surface area (Å²) in [7, 11) is 0. The van der Waals surface area contributed by atoms with Crippen LogP contribution in [0.1, 0.15) is 17.0 Å². The predicted octanol–water partition coefficient (Wildman–Crippen LogP) is 1.95. The van der Waals surface area contributed by atoms with E-state index in [1.54, 1.807) is 4.63 Å². The van der Waals surface area contributed by atoms with Crippen LogP contribution in [0.15, 0.2) is 36.4 Å². The summed E-state index contributed by atoms with van der Waals surface area (Å²) in [6.07, 6.45) is 0. The normalized spacial score (nSPS) is 14.1. The summed E-state index contributed by atoms with van der Waals surface area (Å²) in [6, 6.07) is 12.5. The third-order valence-corrected chi connectivity index (χ3v) is 3.46. The highest BCUT2D eigenvalue weighted by atomic mass is 15.5. The lowest BCUT2D eigenvalue weighted by molar-refractivity contribution is 0.750. The topological polar surface area (TPSA) is 46.3 Å². The summed E-state index contributed by atoms with van der Waals surface area (Å²) in [5.41, 5.74) is 3.54. The molecule has 19 heavy (non-hydrogen) atoms. The molecule has 0 bridgehead atoms. The molecule has 94 valence electrons. The number of anilines is 1. The Labute approximate surface area is 110 Å². The first-order valence-electron chi connectivity index (χ1n) is 6.32. The Kier molecular flexibility index (Phi) is 2.09. The lowest BCUT2D eigenvalue weighted by Crippen LogP contribution is -2.17. The molecule has 0 radical (unpaired) electrons. The first-order valence-corrected chi connectivity index (χ1v) is 6.32. The van der Waals surface area contributed by atoms with Gasteiger partial charge in [-0.25, -0.2) is 4.98 Å². The molecule has 2 aromatic heterocycles. The predicted molar refractivity (Wildman–Crippen MR) is 71.8 cm³/mol. The molecule has 0 fully saturated rings. The van der Waals surface area contributed by atoms with E-state index in [2.05, 4.69) is 44.3 Å². The second-order valence-corrected chi connectivity index (χ2v) is 4.82. The maximum Gasteiger partial charge on any atom is 0.176 e. The molecule has 1 aromatic carbocycles. The van der Waals surface area contributed by atoms with Crippen molar-refractivity contribution in [3.63, 3.8) is 0 Å². The fraction of sp³-hybridized carbons (Fsp3) is 0.214. The number of fused-ring (bicyclic) bond motifs is 2. The van der Waals surface area contributed by atoms with E-state index in [1.165, 1.54) is 11.1 Å². The average Bonchev–Trinajstić information content (AvgIpc) is 2.99. The second-order valence-electron chi connectivity index (χ2n) is 4.82. The minimum Gasteiger partial charge on any atom is -0.346 e. The molecule has 0 aliphatic carbocycles. The van der Waals surface area contributed by atoms with Gasteiger partial charge in [-0.05, 0) is 30.2 Å². The number of nitrogens with zero attached hydrogens (tertiary/aromatic N) is 5. The van der Waals surface area contributed by atoms with Crippen LogP contribution in [0.4, 0.5) is 5.82 Å². The van der Waals surface area contributed by atoms with Crippen molar-refractivity contribution >= 4 is 11.5 Å². The van der Waals surface area contributed by atoms with E-state index in [0.29, 0.717) is 0 Å². The van der Waals surface area contributed by atoms with E-state index in [1.807, 2.05) is 19.1 Å². The zero-order valence-electron chi connectivity index (χ0n) is 10.6. The van der Waals surface area contributed by atoms with Gasteiger partial charge in [0.25, 0.3) is 0 Å². The fourth-order valence-corrected chi connectivity index (χ4v) is 2.54. The molecule has 1 aliphatic heterocycles. The number of aryl methyl sites for hydroxylation is 1. The Morgan fingerprint density at radius 1 is 0.947 bits per heavy atom. The smallest absolute Gasteiger partial charge is 0.176 e. The van der Waals surface area contributed by atoms with Crippen LogP contribution in [0.5, 0.6) is 0 Å². The summed E-state index contributed by atoms with van der Waals surface area (Å²) >= 11 is 0. The van der Waals surface area contributed by atoms with Crippen LogP contribution in [-0.2, 0) is 13.1 Å². The molecule has 3 aromatic rings. The van der Waals surface area contributed by atoms with Gasteiger partial charge in [0.1, 0.15) is 5.82 Å². The number of rotatable bonds is 1. The fourth-order valence-electron chi connectivity index (χ4n) is 2.54. The van der Waals surface area contributed by atoms with Crippen molar-refractivity contribution in [3.8, 4) is 0 Å². The van der Waals surface area contributed by atoms with Gasteiger partial charge in [-0.1, -0.05) is 24.3 Å². The van der Waals surface area contributed by atoms with E-state index in [-0.39, 0.29) is 0 Å². The molecule has 0 N–H and O–H groups in total. The molecule has 3 heterocycles. The molecule has 0 amide bonds. The quantitative estimate of drug-likeness (QED) is 0.663. The largest absolute Gasteiger partial charge is 0.346 e. The lowest BCUT2D eigenvalue weighted by atomic mass is 10.1. The minimum atomic E-state index is 0.745. The zero-order valence-corrected chi connectivity index (χ0v) is 10.6. The highest BCUT2D eigenvalue weighted by Crippen LogP contribution is 2.26. The van der Waals surface area contributed by atoms with E-state index in [9.17, 15) is 0 Å². The van der Waals surface area contributed by atoms with E-state index >= 15 is 0 Å².